The second kappa shape index (κ2) is 8.71. The van der Waals surface area contributed by atoms with E-state index in [1.165, 1.54) is 5.56 Å². The van der Waals surface area contributed by atoms with Crippen LogP contribution in [-0.2, 0) is 6.54 Å². The second-order valence-electron chi connectivity index (χ2n) is 9.73. The van der Waals surface area contributed by atoms with Crippen LogP contribution in [0.3, 0.4) is 0 Å². The first-order valence-corrected chi connectivity index (χ1v) is 13.0. The van der Waals surface area contributed by atoms with Crippen molar-refractivity contribution >= 4 is 51.6 Å². The Bertz CT molecular complexity index is 2020. The maximum absolute atomic E-state index is 6.17. The van der Waals surface area contributed by atoms with E-state index < -0.39 is 0 Å². The first-order chi connectivity index (χ1) is 19.7. The molecule has 4 heterocycles. The van der Waals surface area contributed by atoms with Crippen molar-refractivity contribution in [1.29, 1.82) is 0 Å². The van der Waals surface area contributed by atoms with E-state index in [1.54, 1.807) is 0 Å². The molecule has 40 heavy (non-hydrogen) atoms. The molecule has 0 aliphatic carbocycles. The van der Waals surface area contributed by atoms with E-state index in [2.05, 4.69) is 27.4 Å². The highest BCUT2D eigenvalue weighted by atomic mass is 15.1. The molecule has 4 N–H and O–H groups in total. The third-order valence-corrected chi connectivity index (χ3v) is 7.34. The first kappa shape index (κ1) is 22.4. The van der Waals surface area contributed by atoms with Crippen LogP contribution in [-0.4, -0.2) is 34.2 Å². The van der Waals surface area contributed by atoms with Gasteiger partial charge >= 0.3 is 0 Å². The largest absolute Gasteiger partial charge is 0.383 e. The Labute approximate surface area is 229 Å². The predicted molar refractivity (Wildman–Crippen MR) is 161 cm³/mol. The molecule has 0 bridgehead atoms. The molecule has 0 saturated heterocycles. The van der Waals surface area contributed by atoms with Crippen LogP contribution in [0.4, 0.5) is 11.6 Å². The van der Waals surface area contributed by atoms with Gasteiger partial charge in [-0.3, -0.25) is 0 Å². The van der Waals surface area contributed by atoms with Crippen LogP contribution in [0, 0.1) is 0 Å². The first-order valence-electron chi connectivity index (χ1n) is 13.0. The van der Waals surface area contributed by atoms with Crippen LogP contribution in [0.25, 0.3) is 10.8 Å². The van der Waals surface area contributed by atoms with Gasteiger partial charge in [0, 0.05) is 45.1 Å². The highest BCUT2D eigenvalue weighted by Crippen LogP contribution is 2.36. The third-order valence-electron chi connectivity index (χ3n) is 7.34. The van der Waals surface area contributed by atoms with E-state index in [4.69, 9.17) is 25.7 Å². The Hall–Kier alpha value is -5.63. The van der Waals surface area contributed by atoms with Crippen molar-refractivity contribution in [3.8, 4) is 0 Å². The van der Waals surface area contributed by atoms with Crippen molar-refractivity contribution in [2.75, 3.05) is 0 Å². The van der Waals surface area contributed by atoms with Gasteiger partial charge in [0.05, 0.1) is 0 Å². The van der Waals surface area contributed by atoms with Gasteiger partial charge < -0.3 is 16.0 Å². The summed E-state index contributed by atoms with van der Waals surface area (Å²) >= 11 is 0. The number of fused-ring (bicyclic) bond motifs is 4. The molecule has 8 rings (SSSR count). The molecule has 0 spiro atoms. The van der Waals surface area contributed by atoms with E-state index >= 15 is 0 Å². The number of aromatic nitrogens is 1. The number of nitrogens with two attached hydrogens (primary N) is 1. The lowest BCUT2D eigenvalue weighted by molar-refractivity contribution is 0.963. The number of hydrogen-bond acceptors (Lipinski definition) is 4. The number of nitrogens with one attached hydrogen (secondary N) is 2. The molecule has 3 aliphatic heterocycles. The van der Waals surface area contributed by atoms with Crippen LogP contribution >= 0.6 is 0 Å². The minimum Gasteiger partial charge on any atom is -0.383 e. The number of hydrogen-bond donors (Lipinski definition) is 3. The molecule has 190 valence electrons. The third kappa shape index (κ3) is 3.50. The smallest absolute Gasteiger partial charge is 0.164 e. The maximum Gasteiger partial charge on any atom is 0.164 e. The van der Waals surface area contributed by atoms with Crippen LogP contribution in [0.5, 0.6) is 0 Å². The van der Waals surface area contributed by atoms with Gasteiger partial charge in [-0.15, -0.1) is 0 Å². The van der Waals surface area contributed by atoms with Crippen molar-refractivity contribution in [2.24, 2.45) is 30.7 Å². The van der Waals surface area contributed by atoms with E-state index in [1.807, 2.05) is 84.9 Å². The Kier molecular flexibility index (Phi) is 4.87. The molecule has 0 saturated carbocycles. The molecule has 1 aromatic heterocycles. The van der Waals surface area contributed by atoms with E-state index in [0.29, 0.717) is 35.0 Å². The van der Waals surface area contributed by atoms with Crippen molar-refractivity contribution < 1.29 is 0 Å². The van der Waals surface area contributed by atoms with E-state index in [9.17, 15) is 0 Å². The SMILES string of the molecule is NC1=N/C(=N\c2[nH]c(/N=C3\N=C(N=C4NCc5ccccc54)c4ccccc43)c3ccccc23)c2ccccc21. The van der Waals surface area contributed by atoms with E-state index in [-0.39, 0.29) is 0 Å². The summed E-state index contributed by atoms with van der Waals surface area (Å²) in [6, 6.07) is 32.2. The fourth-order valence-corrected chi connectivity index (χ4v) is 5.40. The summed E-state index contributed by atoms with van der Waals surface area (Å²) < 4.78 is 0. The standard InChI is InChI=1S/C32H22N8/c33-26-20-11-3-4-12-21(20)28(35-26)37-30-24-15-7-8-16-25(24)32(39-30)40-31-23-14-6-5-13-22(23)29(38-31)36-27-19-10-2-1-9-18(19)17-34-27/h1-16,39H,17H2,(H2,33,35,37)(H,34,36,38,40). The summed E-state index contributed by atoms with van der Waals surface area (Å²) in [5, 5.41) is 5.29. The molecule has 0 fully saturated rings. The summed E-state index contributed by atoms with van der Waals surface area (Å²) in [6.07, 6.45) is 0. The Morgan fingerprint density at radius 1 is 0.575 bits per heavy atom. The van der Waals surface area contributed by atoms with Gasteiger partial charge in [0.25, 0.3) is 0 Å². The zero-order chi connectivity index (χ0) is 26.6. The van der Waals surface area contributed by atoms with Crippen molar-refractivity contribution in [2.45, 2.75) is 6.54 Å². The predicted octanol–water partition coefficient (Wildman–Crippen LogP) is 5.35. The molecule has 3 aliphatic rings. The van der Waals surface area contributed by atoms with Crippen LogP contribution in [0.15, 0.2) is 122 Å². The molecule has 0 unspecified atom stereocenters. The summed E-state index contributed by atoms with van der Waals surface area (Å²) in [7, 11) is 0. The summed E-state index contributed by atoms with van der Waals surface area (Å²) in [5.74, 6) is 4.44. The maximum atomic E-state index is 6.17. The van der Waals surface area contributed by atoms with Crippen molar-refractivity contribution in [3.63, 3.8) is 0 Å². The lowest BCUT2D eigenvalue weighted by Crippen LogP contribution is -2.16. The van der Waals surface area contributed by atoms with Crippen molar-refractivity contribution in [1.82, 2.24) is 10.3 Å². The van der Waals surface area contributed by atoms with Crippen LogP contribution < -0.4 is 11.1 Å². The lowest BCUT2D eigenvalue weighted by Gasteiger charge is -2.01. The number of amidine groups is 5. The lowest BCUT2D eigenvalue weighted by atomic mass is 10.1. The molecule has 0 amide bonds. The van der Waals surface area contributed by atoms with E-state index in [0.717, 1.165) is 51.0 Å². The van der Waals surface area contributed by atoms with Crippen LogP contribution in [0.1, 0.15) is 33.4 Å². The van der Waals surface area contributed by atoms with Gasteiger partial charge in [-0.25, -0.2) is 25.0 Å². The number of H-pyrrole nitrogens is 1. The quantitative estimate of drug-likeness (QED) is 0.292. The Balaban J connectivity index is 1.25. The monoisotopic (exact) mass is 518 g/mol. The zero-order valence-corrected chi connectivity index (χ0v) is 21.3. The summed E-state index contributed by atoms with van der Waals surface area (Å²) in [5.41, 5.74) is 12.2. The molecular weight excluding hydrogens is 496 g/mol. The number of benzene rings is 4. The summed E-state index contributed by atoms with van der Waals surface area (Å²) in [6.45, 7) is 0.755. The number of aromatic amines is 1. The molecule has 0 radical (unpaired) electrons. The van der Waals surface area contributed by atoms with Gasteiger partial charge in [0.2, 0.25) is 0 Å². The number of nitrogens with zero attached hydrogens (tertiary/aromatic N) is 5. The van der Waals surface area contributed by atoms with Gasteiger partial charge in [-0.1, -0.05) is 97.1 Å². The average molecular weight is 519 g/mol. The Morgan fingerprint density at radius 3 is 1.85 bits per heavy atom. The molecule has 4 aromatic carbocycles. The number of rotatable bonds is 2. The molecular formula is C32H22N8. The highest BCUT2D eigenvalue weighted by molar-refractivity contribution is 6.26. The molecule has 0 atom stereocenters. The van der Waals surface area contributed by atoms with Gasteiger partial charge in [0.1, 0.15) is 23.3 Å². The molecule has 8 heteroatoms. The fraction of sp³-hybridized carbons (Fsp3) is 0.0312. The van der Waals surface area contributed by atoms with Gasteiger partial charge in [0.15, 0.2) is 17.5 Å². The normalized spacial score (nSPS) is 18.1. The van der Waals surface area contributed by atoms with Crippen LogP contribution in [0.2, 0.25) is 0 Å². The van der Waals surface area contributed by atoms with Gasteiger partial charge in [-0.2, -0.15) is 0 Å². The molecule has 5 aromatic rings. The minimum atomic E-state index is 0.469. The number of aliphatic imine (C=N–C) groups is 5. The minimum absolute atomic E-state index is 0.469. The van der Waals surface area contributed by atoms with Gasteiger partial charge in [-0.05, 0) is 5.56 Å². The highest BCUT2D eigenvalue weighted by Gasteiger charge is 2.25. The molecule has 8 nitrogen and oxygen atoms in total. The second-order valence-corrected chi connectivity index (χ2v) is 9.73. The zero-order valence-electron chi connectivity index (χ0n) is 21.3. The van der Waals surface area contributed by atoms with Crippen molar-refractivity contribution in [3.05, 3.63) is 130 Å². The topological polar surface area (TPSA) is 116 Å². The fourth-order valence-electron chi connectivity index (χ4n) is 5.40. The summed E-state index contributed by atoms with van der Waals surface area (Å²) in [4.78, 5) is 27.6. The average Bonchev–Trinajstić information content (AvgIpc) is 3.74. The Morgan fingerprint density at radius 2 is 1.12 bits per heavy atom.